The number of rotatable bonds is 3. The number of aryl methyl sites for hydroxylation is 1. The van der Waals surface area contributed by atoms with Crippen LogP contribution in [0.4, 0.5) is 8.78 Å². The number of piperidine rings is 1. The van der Waals surface area contributed by atoms with Crippen molar-refractivity contribution in [2.24, 2.45) is 0 Å². The van der Waals surface area contributed by atoms with Crippen molar-refractivity contribution < 1.29 is 13.3 Å². The molecule has 0 N–H and O–H groups in total. The van der Waals surface area contributed by atoms with Crippen molar-refractivity contribution in [3.05, 3.63) is 47.1 Å². The van der Waals surface area contributed by atoms with Crippen LogP contribution in [0.25, 0.3) is 0 Å². The van der Waals surface area contributed by atoms with E-state index in [0.29, 0.717) is 23.8 Å². The van der Waals surface area contributed by atoms with Crippen LogP contribution in [0.3, 0.4) is 0 Å². The van der Waals surface area contributed by atoms with Crippen molar-refractivity contribution in [3.63, 3.8) is 0 Å². The van der Waals surface area contributed by atoms with Gasteiger partial charge in [-0.3, -0.25) is 4.90 Å². The normalized spacial score (nSPS) is 19.9. The molecule has 0 radical (unpaired) electrons. The number of halogens is 2. The average molecular weight is 293 g/mol. The number of hydrogen-bond donors (Lipinski definition) is 0. The van der Waals surface area contributed by atoms with E-state index in [1.807, 2.05) is 0 Å². The first-order valence-corrected chi connectivity index (χ1v) is 7.11. The highest BCUT2D eigenvalue weighted by Gasteiger charge is 2.29. The highest BCUT2D eigenvalue weighted by atomic mass is 19.1. The molecular formula is C15H17F2N3O. The van der Waals surface area contributed by atoms with E-state index in [1.54, 1.807) is 6.92 Å². The van der Waals surface area contributed by atoms with Crippen molar-refractivity contribution in [1.29, 1.82) is 0 Å². The topological polar surface area (TPSA) is 42.2 Å². The molecule has 2 heterocycles. The van der Waals surface area contributed by atoms with Gasteiger partial charge in [-0.2, -0.15) is 4.98 Å². The molecule has 0 unspecified atom stereocenters. The Morgan fingerprint density at radius 3 is 2.95 bits per heavy atom. The third-order valence-corrected chi connectivity index (χ3v) is 3.82. The standard InChI is InChI=1S/C15H17F2N3O/c1-10-18-15(21-19-10)14-4-2-3-7-20(14)9-11-8-12(16)5-6-13(11)17/h5-6,8,14H,2-4,7,9H2,1H3/t14-/m1/s1. The molecule has 1 aliphatic rings. The van der Waals surface area contributed by atoms with Gasteiger partial charge in [0.25, 0.3) is 0 Å². The van der Waals surface area contributed by atoms with Crippen LogP contribution in [0.5, 0.6) is 0 Å². The van der Waals surface area contributed by atoms with E-state index in [2.05, 4.69) is 15.0 Å². The lowest BCUT2D eigenvalue weighted by Gasteiger charge is -2.33. The lowest BCUT2D eigenvalue weighted by Crippen LogP contribution is -2.33. The van der Waals surface area contributed by atoms with Gasteiger partial charge in [0.15, 0.2) is 5.82 Å². The number of likely N-dealkylation sites (tertiary alicyclic amines) is 1. The summed E-state index contributed by atoms with van der Waals surface area (Å²) < 4.78 is 32.4. The molecule has 0 saturated carbocycles. The number of nitrogens with zero attached hydrogens (tertiary/aromatic N) is 3. The van der Waals surface area contributed by atoms with E-state index in [9.17, 15) is 8.78 Å². The molecule has 21 heavy (non-hydrogen) atoms. The second kappa shape index (κ2) is 5.89. The molecule has 3 rings (SSSR count). The van der Waals surface area contributed by atoms with E-state index >= 15 is 0 Å². The molecule has 0 bridgehead atoms. The quantitative estimate of drug-likeness (QED) is 0.870. The molecule has 2 aromatic rings. The van der Waals surface area contributed by atoms with Gasteiger partial charge in [-0.15, -0.1) is 0 Å². The maximum atomic E-state index is 13.8. The summed E-state index contributed by atoms with van der Waals surface area (Å²) in [7, 11) is 0. The fourth-order valence-corrected chi connectivity index (χ4v) is 2.79. The van der Waals surface area contributed by atoms with Crippen molar-refractivity contribution in [3.8, 4) is 0 Å². The molecule has 1 aromatic heterocycles. The summed E-state index contributed by atoms with van der Waals surface area (Å²) in [5.41, 5.74) is 0.359. The van der Waals surface area contributed by atoms with E-state index < -0.39 is 5.82 Å². The molecule has 1 fully saturated rings. The smallest absolute Gasteiger partial charge is 0.243 e. The van der Waals surface area contributed by atoms with Gasteiger partial charge in [0, 0.05) is 12.1 Å². The van der Waals surface area contributed by atoms with Crippen LogP contribution in [0.15, 0.2) is 22.7 Å². The van der Waals surface area contributed by atoms with Crippen LogP contribution in [0, 0.1) is 18.6 Å². The zero-order valence-electron chi connectivity index (χ0n) is 11.9. The second-order valence-electron chi connectivity index (χ2n) is 5.40. The Bertz CT molecular complexity index is 629. The molecule has 0 spiro atoms. The van der Waals surface area contributed by atoms with E-state index in [4.69, 9.17) is 4.52 Å². The van der Waals surface area contributed by atoms with Gasteiger partial charge in [-0.25, -0.2) is 8.78 Å². The predicted octanol–water partition coefficient (Wildman–Crippen LogP) is 3.38. The average Bonchev–Trinajstić information content (AvgIpc) is 2.90. The van der Waals surface area contributed by atoms with Crippen molar-refractivity contribution in [2.45, 2.75) is 38.8 Å². The molecule has 1 aromatic carbocycles. The van der Waals surface area contributed by atoms with Gasteiger partial charge >= 0.3 is 0 Å². The van der Waals surface area contributed by atoms with Crippen molar-refractivity contribution in [2.75, 3.05) is 6.54 Å². The Kier molecular flexibility index (Phi) is 3.96. The fraction of sp³-hybridized carbons (Fsp3) is 0.467. The van der Waals surface area contributed by atoms with Gasteiger partial charge in [-0.05, 0) is 44.5 Å². The summed E-state index contributed by atoms with van der Waals surface area (Å²) in [5.74, 6) is 0.340. The third kappa shape index (κ3) is 3.10. The van der Waals surface area contributed by atoms with Gasteiger partial charge in [0.2, 0.25) is 5.89 Å². The molecule has 112 valence electrons. The van der Waals surface area contributed by atoms with Gasteiger partial charge in [0.05, 0.1) is 6.04 Å². The maximum Gasteiger partial charge on any atom is 0.243 e. The van der Waals surface area contributed by atoms with Crippen molar-refractivity contribution >= 4 is 0 Å². The molecule has 1 atom stereocenters. The third-order valence-electron chi connectivity index (χ3n) is 3.82. The van der Waals surface area contributed by atoms with Gasteiger partial charge < -0.3 is 4.52 Å². The van der Waals surface area contributed by atoms with Crippen LogP contribution in [0.1, 0.15) is 42.6 Å². The van der Waals surface area contributed by atoms with E-state index in [-0.39, 0.29) is 11.9 Å². The highest BCUT2D eigenvalue weighted by Crippen LogP contribution is 2.31. The van der Waals surface area contributed by atoms with E-state index in [1.165, 1.54) is 12.1 Å². The predicted molar refractivity (Wildman–Crippen MR) is 72.4 cm³/mol. The Balaban J connectivity index is 1.83. The number of hydrogen-bond acceptors (Lipinski definition) is 4. The molecule has 0 amide bonds. The maximum absolute atomic E-state index is 13.8. The number of aromatic nitrogens is 2. The number of benzene rings is 1. The fourth-order valence-electron chi connectivity index (χ4n) is 2.79. The minimum atomic E-state index is -0.423. The zero-order chi connectivity index (χ0) is 14.8. The Hall–Kier alpha value is -1.82. The molecular weight excluding hydrogens is 276 g/mol. The molecule has 6 heteroatoms. The summed E-state index contributed by atoms with van der Waals surface area (Å²) in [6.07, 6.45) is 2.98. The van der Waals surface area contributed by atoms with Crippen LogP contribution in [0.2, 0.25) is 0 Å². The van der Waals surface area contributed by atoms with Crippen LogP contribution in [-0.2, 0) is 6.54 Å². The first-order valence-electron chi connectivity index (χ1n) is 7.11. The Morgan fingerprint density at radius 2 is 2.19 bits per heavy atom. The van der Waals surface area contributed by atoms with Crippen LogP contribution < -0.4 is 0 Å². The SMILES string of the molecule is Cc1noc([C@H]2CCCCN2Cc2cc(F)ccc2F)n1. The second-order valence-corrected chi connectivity index (χ2v) is 5.40. The summed E-state index contributed by atoms with van der Waals surface area (Å²) in [6, 6.07) is 3.52. The summed E-state index contributed by atoms with van der Waals surface area (Å²) >= 11 is 0. The first-order chi connectivity index (χ1) is 10.1. The van der Waals surface area contributed by atoms with Gasteiger partial charge in [0.1, 0.15) is 11.6 Å². The Morgan fingerprint density at radius 1 is 1.33 bits per heavy atom. The molecule has 1 aliphatic heterocycles. The minimum Gasteiger partial charge on any atom is -0.338 e. The largest absolute Gasteiger partial charge is 0.338 e. The summed E-state index contributed by atoms with van der Waals surface area (Å²) in [6.45, 7) is 2.92. The Labute approximate surface area is 121 Å². The first kappa shape index (κ1) is 14.1. The molecule has 4 nitrogen and oxygen atoms in total. The monoisotopic (exact) mass is 293 g/mol. The van der Waals surface area contributed by atoms with Gasteiger partial charge in [-0.1, -0.05) is 11.6 Å². The summed E-state index contributed by atoms with van der Waals surface area (Å²) in [4.78, 5) is 6.36. The lowest BCUT2D eigenvalue weighted by atomic mass is 10.0. The zero-order valence-corrected chi connectivity index (χ0v) is 11.9. The summed E-state index contributed by atoms with van der Waals surface area (Å²) in [5, 5.41) is 3.82. The molecule has 1 saturated heterocycles. The lowest BCUT2D eigenvalue weighted by molar-refractivity contribution is 0.110. The van der Waals surface area contributed by atoms with Crippen LogP contribution >= 0.6 is 0 Å². The van der Waals surface area contributed by atoms with E-state index in [0.717, 1.165) is 31.9 Å². The minimum absolute atomic E-state index is 0.0254. The highest BCUT2D eigenvalue weighted by molar-refractivity contribution is 5.19. The van der Waals surface area contributed by atoms with Crippen LogP contribution in [-0.4, -0.2) is 21.6 Å². The van der Waals surface area contributed by atoms with Crippen molar-refractivity contribution in [1.82, 2.24) is 15.0 Å². The molecule has 0 aliphatic carbocycles.